The van der Waals surface area contributed by atoms with E-state index in [2.05, 4.69) is 89.9 Å². The number of nitrogens with zero attached hydrogens (tertiary/aromatic N) is 1. The van der Waals surface area contributed by atoms with E-state index in [1.165, 1.54) is 5.56 Å². The molecule has 3 rings (SSSR count). The maximum atomic E-state index is 11.8. The van der Waals surface area contributed by atoms with E-state index in [0.29, 0.717) is 52.0 Å². The highest BCUT2D eigenvalue weighted by molar-refractivity contribution is 5.73. The summed E-state index contributed by atoms with van der Waals surface area (Å²) in [6.07, 6.45) is 10.6. The lowest BCUT2D eigenvalue weighted by molar-refractivity contribution is -0.144. The van der Waals surface area contributed by atoms with Crippen molar-refractivity contribution >= 4 is 41.9 Å². The van der Waals surface area contributed by atoms with Crippen molar-refractivity contribution in [3.63, 3.8) is 0 Å². The Bertz CT molecular complexity index is 1170. The first-order valence-corrected chi connectivity index (χ1v) is 13.7. The zero-order chi connectivity index (χ0) is 27.7. The molecule has 0 atom stereocenters. The summed E-state index contributed by atoms with van der Waals surface area (Å²) < 4.78 is 10.1. The molecule has 39 heavy (non-hydrogen) atoms. The second kappa shape index (κ2) is 16.7. The topological polar surface area (TPSA) is 55.8 Å². The molecule has 0 heterocycles. The van der Waals surface area contributed by atoms with Gasteiger partial charge in [-0.25, -0.2) is 0 Å². The molecule has 0 aliphatic rings. The van der Waals surface area contributed by atoms with Gasteiger partial charge in [-0.15, -0.1) is 0 Å². The summed E-state index contributed by atoms with van der Waals surface area (Å²) in [7, 11) is 0. The first-order valence-electron chi connectivity index (χ1n) is 13.7. The summed E-state index contributed by atoms with van der Waals surface area (Å²) in [4.78, 5) is 25.8. The number of hydrogen-bond acceptors (Lipinski definition) is 5. The Kier molecular flexibility index (Phi) is 12.6. The minimum Gasteiger partial charge on any atom is -0.466 e. The van der Waals surface area contributed by atoms with Crippen LogP contribution in [-0.2, 0) is 19.1 Å². The van der Waals surface area contributed by atoms with E-state index in [-0.39, 0.29) is 11.9 Å². The lowest BCUT2D eigenvalue weighted by atomic mass is 10.1. The predicted octanol–water partition coefficient (Wildman–Crippen LogP) is 7.52. The molecule has 3 aromatic rings. The predicted molar refractivity (Wildman–Crippen MR) is 161 cm³/mol. The quantitative estimate of drug-likeness (QED) is 0.152. The Morgan fingerprint density at radius 1 is 0.590 bits per heavy atom. The van der Waals surface area contributed by atoms with Gasteiger partial charge in [0, 0.05) is 31.6 Å². The molecule has 0 amide bonds. The molecule has 0 aliphatic carbocycles. The summed E-state index contributed by atoms with van der Waals surface area (Å²) in [5.74, 6) is -0.352. The number of carbonyl (C=O) groups is 2. The van der Waals surface area contributed by atoms with Gasteiger partial charge in [0.2, 0.25) is 0 Å². The molecule has 0 saturated carbocycles. The van der Waals surface area contributed by atoms with Crippen molar-refractivity contribution in [3.05, 3.63) is 101 Å². The molecule has 0 bridgehead atoms. The van der Waals surface area contributed by atoms with Crippen molar-refractivity contribution in [1.29, 1.82) is 0 Å². The van der Waals surface area contributed by atoms with Gasteiger partial charge in [-0.2, -0.15) is 0 Å². The number of benzene rings is 3. The average Bonchev–Trinajstić information content (AvgIpc) is 2.96. The van der Waals surface area contributed by atoms with E-state index in [9.17, 15) is 9.59 Å². The fourth-order valence-corrected chi connectivity index (χ4v) is 4.13. The highest BCUT2D eigenvalue weighted by Crippen LogP contribution is 2.19. The van der Waals surface area contributed by atoms with Crippen molar-refractivity contribution in [3.8, 4) is 0 Å². The minimum absolute atomic E-state index is 0.176. The molecule has 5 nitrogen and oxygen atoms in total. The maximum Gasteiger partial charge on any atom is 0.305 e. The highest BCUT2D eigenvalue weighted by Gasteiger charge is 2.10. The third kappa shape index (κ3) is 11.0. The van der Waals surface area contributed by atoms with E-state index in [1.807, 2.05) is 32.0 Å². The first kappa shape index (κ1) is 29.4. The number of hydrogen-bond donors (Lipinski definition) is 0. The van der Waals surface area contributed by atoms with Crippen LogP contribution in [0.3, 0.4) is 0 Å². The third-order valence-electron chi connectivity index (χ3n) is 6.16. The van der Waals surface area contributed by atoms with Crippen molar-refractivity contribution in [2.45, 2.75) is 39.5 Å². The number of anilines is 1. The van der Waals surface area contributed by atoms with Gasteiger partial charge in [0.05, 0.1) is 13.2 Å². The summed E-state index contributed by atoms with van der Waals surface area (Å²) in [6, 6.07) is 27.1. The fourth-order valence-electron chi connectivity index (χ4n) is 4.13. The Morgan fingerprint density at radius 2 is 0.974 bits per heavy atom. The SMILES string of the molecule is CCOC(=O)CCCN(CCCC(=O)OCC)c1ccc(/C=C/c2ccc(/C=C/c3ccccc3)cc2)cc1. The molecular weight excluding hydrogens is 486 g/mol. The van der Waals surface area contributed by atoms with Crippen molar-refractivity contribution < 1.29 is 19.1 Å². The van der Waals surface area contributed by atoms with Crippen LogP contribution in [0.5, 0.6) is 0 Å². The number of rotatable bonds is 15. The molecule has 204 valence electrons. The molecule has 0 unspecified atom stereocenters. The molecule has 0 aliphatic heterocycles. The average molecular weight is 526 g/mol. The van der Waals surface area contributed by atoms with Crippen molar-refractivity contribution in [1.82, 2.24) is 0 Å². The van der Waals surface area contributed by atoms with Gasteiger partial charge in [-0.05, 0) is 61.1 Å². The van der Waals surface area contributed by atoms with Crippen LogP contribution in [0.4, 0.5) is 5.69 Å². The van der Waals surface area contributed by atoms with Gasteiger partial charge < -0.3 is 14.4 Å². The van der Waals surface area contributed by atoms with Gasteiger partial charge in [0.1, 0.15) is 0 Å². The van der Waals surface area contributed by atoms with E-state index in [1.54, 1.807) is 0 Å². The Labute approximate surface area is 232 Å². The molecule has 0 saturated heterocycles. The first-order chi connectivity index (χ1) is 19.1. The van der Waals surface area contributed by atoms with Crippen LogP contribution in [0.25, 0.3) is 24.3 Å². The van der Waals surface area contributed by atoms with Crippen LogP contribution < -0.4 is 4.90 Å². The summed E-state index contributed by atoms with van der Waals surface area (Å²) in [5.41, 5.74) is 5.64. The van der Waals surface area contributed by atoms with Crippen molar-refractivity contribution in [2.75, 3.05) is 31.2 Å². The zero-order valence-corrected chi connectivity index (χ0v) is 23.1. The van der Waals surface area contributed by atoms with Crippen LogP contribution in [0.2, 0.25) is 0 Å². The molecule has 0 spiro atoms. The molecule has 0 fully saturated rings. The minimum atomic E-state index is -0.176. The molecule has 0 aromatic heterocycles. The monoisotopic (exact) mass is 525 g/mol. The molecule has 5 heteroatoms. The van der Waals surface area contributed by atoms with Crippen LogP contribution >= 0.6 is 0 Å². The van der Waals surface area contributed by atoms with Gasteiger partial charge in [0.15, 0.2) is 0 Å². The molecule has 3 aromatic carbocycles. The van der Waals surface area contributed by atoms with Crippen LogP contribution in [0.1, 0.15) is 61.8 Å². The third-order valence-corrected chi connectivity index (χ3v) is 6.16. The van der Waals surface area contributed by atoms with Gasteiger partial charge in [0.25, 0.3) is 0 Å². The van der Waals surface area contributed by atoms with Crippen LogP contribution in [0, 0.1) is 0 Å². The number of esters is 2. The fraction of sp³-hybridized carbons (Fsp3) is 0.294. The van der Waals surface area contributed by atoms with Gasteiger partial charge in [-0.1, -0.05) is 91.0 Å². The van der Waals surface area contributed by atoms with E-state index in [0.717, 1.165) is 22.4 Å². The largest absolute Gasteiger partial charge is 0.466 e. The second-order valence-corrected chi connectivity index (χ2v) is 9.14. The van der Waals surface area contributed by atoms with E-state index in [4.69, 9.17) is 9.47 Å². The summed E-state index contributed by atoms with van der Waals surface area (Å²) in [5, 5.41) is 0. The van der Waals surface area contributed by atoms with E-state index >= 15 is 0 Å². The standard InChI is InChI=1S/C34H39NO4/c1-3-38-33(36)12-8-26-35(27-9-13-34(37)39-4-2)32-24-22-31(23-25-32)21-20-30-18-16-29(17-19-30)15-14-28-10-6-5-7-11-28/h5-7,10-11,14-25H,3-4,8-9,12-13,26-27H2,1-2H3/b15-14+,21-20+. The normalized spacial score (nSPS) is 11.1. The smallest absolute Gasteiger partial charge is 0.305 e. The van der Waals surface area contributed by atoms with Gasteiger partial charge in [-0.3, -0.25) is 9.59 Å². The number of ether oxygens (including phenoxy) is 2. The lowest BCUT2D eigenvalue weighted by Crippen LogP contribution is -2.27. The van der Waals surface area contributed by atoms with Crippen LogP contribution in [-0.4, -0.2) is 38.2 Å². The zero-order valence-electron chi connectivity index (χ0n) is 23.1. The Balaban J connectivity index is 1.58. The molecule has 0 radical (unpaired) electrons. The second-order valence-electron chi connectivity index (χ2n) is 9.14. The molecular formula is C34H39NO4. The lowest BCUT2D eigenvalue weighted by Gasteiger charge is -2.25. The Morgan fingerprint density at radius 3 is 1.38 bits per heavy atom. The summed E-state index contributed by atoms with van der Waals surface area (Å²) >= 11 is 0. The molecule has 0 N–H and O–H groups in total. The highest BCUT2D eigenvalue weighted by atomic mass is 16.5. The van der Waals surface area contributed by atoms with Crippen LogP contribution in [0.15, 0.2) is 78.9 Å². The Hall–Kier alpha value is -4.12. The van der Waals surface area contributed by atoms with Gasteiger partial charge >= 0.3 is 11.9 Å². The summed E-state index contributed by atoms with van der Waals surface area (Å²) in [6.45, 7) is 5.84. The van der Waals surface area contributed by atoms with E-state index < -0.39 is 0 Å². The maximum absolute atomic E-state index is 11.8. The number of carbonyl (C=O) groups excluding carboxylic acids is 2. The van der Waals surface area contributed by atoms with Crippen molar-refractivity contribution in [2.24, 2.45) is 0 Å².